The lowest BCUT2D eigenvalue weighted by atomic mass is 10.1. The number of benzene rings is 1. The van der Waals surface area contributed by atoms with Crippen LogP contribution in [0.4, 0.5) is 0 Å². The molecule has 6 heteroatoms. The highest BCUT2D eigenvalue weighted by Crippen LogP contribution is 2.24. The molecular weight excluding hydrogens is 306 g/mol. The van der Waals surface area contributed by atoms with Gasteiger partial charge in [-0.05, 0) is 30.5 Å². The van der Waals surface area contributed by atoms with E-state index in [1.807, 2.05) is 6.07 Å². The molecule has 0 bridgehead atoms. The maximum Gasteiger partial charge on any atom is 0.253 e. The van der Waals surface area contributed by atoms with Gasteiger partial charge in [0.05, 0.1) is 6.54 Å². The van der Waals surface area contributed by atoms with Gasteiger partial charge in [0, 0.05) is 32.1 Å². The first-order valence-electron chi connectivity index (χ1n) is 8.32. The molecule has 0 radical (unpaired) electrons. The molecule has 0 aliphatic heterocycles. The van der Waals surface area contributed by atoms with Crippen molar-refractivity contribution in [3.63, 3.8) is 0 Å². The molecule has 6 nitrogen and oxygen atoms in total. The molecule has 1 fully saturated rings. The Morgan fingerprint density at radius 3 is 2.50 bits per heavy atom. The molecule has 0 atom stereocenters. The van der Waals surface area contributed by atoms with E-state index in [1.54, 1.807) is 32.3 Å². The highest BCUT2D eigenvalue weighted by Gasteiger charge is 2.22. The minimum atomic E-state index is -0.231. The predicted molar refractivity (Wildman–Crippen MR) is 91.3 cm³/mol. The zero-order valence-electron chi connectivity index (χ0n) is 14.3. The second-order valence-corrected chi connectivity index (χ2v) is 6.38. The Morgan fingerprint density at radius 1 is 1.12 bits per heavy atom. The van der Waals surface area contributed by atoms with Crippen LogP contribution in [0.15, 0.2) is 24.3 Å². The van der Waals surface area contributed by atoms with Crippen molar-refractivity contribution < 1.29 is 14.4 Å². The van der Waals surface area contributed by atoms with E-state index in [0.717, 1.165) is 31.2 Å². The van der Waals surface area contributed by atoms with E-state index in [2.05, 4.69) is 10.6 Å². The summed E-state index contributed by atoms with van der Waals surface area (Å²) in [4.78, 5) is 37.2. The Hall–Kier alpha value is -2.37. The molecule has 3 amide bonds. The molecule has 2 rings (SSSR count). The molecule has 130 valence electrons. The van der Waals surface area contributed by atoms with Gasteiger partial charge in [-0.1, -0.05) is 25.0 Å². The quantitative estimate of drug-likeness (QED) is 0.825. The monoisotopic (exact) mass is 331 g/mol. The zero-order chi connectivity index (χ0) is 17.5. The molecule has 0 heterocycles. The number of rotatable bonds is 6. The van der Waals surface area contributed by atoms with Gasteiger partial charge in [0.25, 0.3) is 5.91 Å². The van der Waals surface area contributed by atoms with Gasteiger partial charge in [-0.2, -0.15) is 0 Å². The van der Waals surface area contributed by atoms with Crippen LogP contribution >= 0.6 is 0 Å². The maximum absolute atomic E-state index is 11.9. The number of carbonyl (C=O) groups is 3. The highest BCUT2D eigenvalue weighted by atomic mass is 16.2. The third-order valence-corrected chi connectivity index (χ3v) is 4.22. The zero-order valence-corrected chi connectivity index (χ0v) is 14.3. The molecule has 1 aromatic carbocycles. The average molecular weight is 331 g/mol. The lowest BCUT2D eigenvalue weighted by Gasteiger charge is -2.12. The van der Waals surface area contributed by atoms with Gasteiger partial charge < -0.3 is 15.5 Å². The number of carbonyl (C=O) groups excluding carboxylic acids is 3. The van der Waals surface area contributed by atoms with E-state index in [1.165, 1.54) is 4.90 Å². The fourth-order valence-corrected chi connectivity index (χ4v) is 2.84. The smallest absolute Gasteiger partial charge is 0.253 e. The molecule has 1 saturated carbocycles. The van der Waals surface area contributed by atoms with Gasteiger partial charge in [-0.15, -0.1) is 0 Å². The van der Waals surface area contributed by atoms with Crippen LogP contribution in [0.3, 0.4) is 0 Å². The van der Waals surface area contributed by atoms with E-state index >= 15 is 0 Å². The third-order valence-electron chi connectivity index (χ3n) is 4.22. The topological polar surface area (TPSA) is 78.5 Å². The largest absolute Gasteiger partial charge is 0.350 e. The summed E-state index contributed by atoms with van der Waals surface area (Å²) in [6.45, 7) is 0.318. The summed E-state index contributed by atoms with van der Waals surface area (Å²) in [5, 5.41) is 5.46. The van der Waals surface area contributed by atoms with Crippen LogP contribution in [-0.4, -0.2) is 43.3 Å². The Bertz CT molecular complexity index is 607. The van der Waals surface area contributed by atoms with Gasteiger partial charge in [0.2, 0.25) is 11.8 Å². The lowest BCUT2D eigenvalue weighted by Crippen LogP contribution is -2.38. The second-order valence-electron chi connectivity index (χ2n) is 6.38. The molecule has 2 N–H and O–H groups in total. The molecule has 1 aliphatic carbocycles. The van der Waals surface area contributed by atoms with Crippen molar-refractivity contribution in [1.29, 1.82) is 0 Å². The van der Waals surface area contributed by atoms with Crippen molar-refractivity contribution in [2.45, 2.75) is 32.2 Å². The van der Waals surface area contributed by atoms with E-state index in [9.17, 15) is 14.4 Å². The summed E-state index contributed by atoms with van der Waals surface area (Å²) in [6.07, 6.45) is 4.01. The van der Waals surface area contributed by atoms with Crippen molar-refractivity contribution in [3.05, 3.63) is 35.4 Å². The van der Waals surface area contributed by atoms with E-state index in [4.69, 9.17) is 0 Å². The SMILES string of the molecule is CN(C)C(=O)c1cccc(CNC(=O)CNC(=O)C2CCCC2)c1. The van der Waals surface area contributed by atoms with Gasteiger partial charge in [-0.25, -0.2) is 0 Å². The number of hydrogen-bond acceptors (Lipinski definition) is 3. The molecular formula is C18H25N3O3. The van der Waals surface area contributed by atoms with Crippen LogP contribution in [0.25, 0.3) is 0 Å². The van der Waals surface area contributed by atoms with Crippen molar-refractivity contribution in [3.8, 4) is 0 Å². The van der Waals surface area contributed by atoms with E-state index in [-0.39, 0.29) is 30.2 Å². The van der Waals surface area contributed by atoms with Gasteiger partial charge in [0.1, 0.15) is 0 Å². The summed E-state index contributed by atoms with van der Waals surface area (Å²) in [7, 11) is 3.40. The van der Waals surface area contributed by atoms with E-state index in [0.29, 0.717) is 12.1 Å². The fourth-order valence-electron chi connectivity index (χ4n) is 2.84. The van der Waals surface area contributed by atoms with Crippen molar-refractivity contribution >= 4 is 17.7 Å². The maximum atomic E-state index is 11.9. The lowest BCUT2D eigenvalue weighted by molar-refractivity contribution is -0.128. The third kappa shape index (κ3) is 5.08. The van der Waals surface area contributed by atoms with Crippen LogP contribution in [-0.2, 0) is 16.1 Å². The molecule has 1 aromatic rings. The van der Waals surface area contributed by atoms with Crippen LogP contribution in [0.1, 0.15) is 41.6 Å². The highest BCUT2D eigenvalue weighted by molar-refractivity contribution is 5.94. The minimum absolute atomic E-state index is 0.00828. The minimum Gasteiger partial charge on any atom is -0.350 e. The molecule has 0 unspecified atom stereocenters. The summed E-state index contributed by atoms with van der Waals surface area (Å²) >= 11 is 0. The van der Waals surface area contributed by atoms with Crippen LogP contribution in [0.5, 0.6) is 0 Å². The number of amides is 3. The summed E-state index contributed by atoms with van der Waals surface area (Å²) < 4.78 is 0. The van der Waals surface area contributed by atoms with Crippen LogP contribution in [0, 0.1) is 5.92 Å². The van der Waals surface area contributed by atoms with Crippen molar-refractivity contribution in [1.82, 2.24) is 15.5 Å². The Labute approximate surface area is 142 Å². The number of nitrogens with zero attached hydrogens (tertiary/aromatic N) is 1. The first-order chi connectivity index (χ1) is 11.5. The Morgan fingerprint density at radius 2 is 1.83 bits per heavy atom. The standard InChI is InChI=1S/C18H25N3O3/c1-21(2)18(24)15-9-5-6-13(10-15)11-19-16(22)12-20-17(23)14-7-3-4-8-14/h5-6,9-10,14H,3-4,7-8,11-12H2,1-2H3,(H,19,22)(H,20,23). The Balaban J connectivity index is 1.78. The summed E-state index contributed by atoms with van der Waals surface area (Å²) in [5.41, 5.74) is 1.43. The van der Waals surface area contributed by atoms with Gasteiger partial charge in [-0.3, -0.25) is 14.4 Å². The summed E-state index contributed by atoms with van der Waals surface area (Å²) in [6, 6.07) is 7.15. The number of hydrogen-bond donors (Lipinski definition) is 2. The van der Waals surface area contributed by atoms with Crippen molar-refractivity contribution in [2.75, 3.05) is 20.6 Å². The molecule has 0 spiro atoms. The van der Waals surface area contributed by atoms with Crippen LogP contribution in [0.2, 0.25) is 0 Å². The first kappa shape index (κ1) is 18.0. The van der Waals surface area contributed by atoms with Crippen molar-refractivity contribution in [2.24, 2.45) is 5.92 Å². The Kier molecular flexibility index (Phi) is 6.35. The predicted octanol–water partition coefficient (Wildman–Crippen LogP) is 1.31. The second kappa shape index (κ2) is 8.47. The molecule has 24 heavy (non-hydrogen) atoms. The van der Waals surface area contributed by atoms with Gasteiger partial charge in [0.15, 0.2) is 0 Å². The molecule has 0 aromatic heterocycles. The first-order valence-corrected chi connectivity index (χ1v) is 8.32. The molecule has 0 saturated heterocycles. The summed E-state index contributed by atoms with van der Waals surface area (Å²) in [5.74, 6) is -0.273. The van der Waals surface area contributed by atoms with E-state index < -0.39 is 0 Å². The van der Waals surface area contributed by atoms with Crippen LogP contribution < -0.4 is 10.6 Å². The molecule has 1 aliphatic rings. The average Bonchev–Trinajstić information content (AvgIpc) is 3.12. The normalized spacial score (nSPS) is 14.2. The number of nitrogens with one attached hydrogen (secondary N) is 2. The van der Waals surface area contributed by atoms with Gasteiger partial charge >= 0.3 is 0 Å². The fraction of sp³-hybridized carbons (Fsp3) is 0.500.